The monoisotopic (exact) mass is 491 g/mol. The number of hydrogen-bond donors (Lipinski definition) is 2. The van der Waals surface area contributed by atoms with Gasteiger partial charge in [0.15, 0.2) is 11.6 Å². The largest absolute Gasteiger partial charge is 0.465 e. The van der Waals surface area contributed by atoms with Crippen LogP contribution in [0.15, 0.2) is 58.5 Å². The molecule has 0 bridgehead atoms. The Morgan fingerprint density at radius 1 is 0.971 bits per heavy atom. The van der Waals surface area contributed by atoms with Crippen LogP contribution in [0.25, 0.3) is 0 Å². The molecule has 0 heterocycles. The van der Waals surface area contributed by atoms with Crippen molar-refractivity contribution in [3.05, 3.63) is 88.2 Å². The third-order valence-corrected chi connectivity index (χ3v) is 5.97. The van der Waals surface area contributed by atoms with Crippen molar-refractivity contribution in [3.63, 3.8) is 0 Å². The summed E-state index contributed by atoms with van der Waals surface area (Å²) >= 11 is 0. The summed E-state index contributed by atoms with van der Waals surface area (Å²) in [6.07, 6.45) is 0.701. The SMILES string of the molecule is COC(=O)c1cc(/C=N/NS(=O)(=O)c2ccc(C)cc2)c(F)c(F)c1Nc1ccc(C)cc1F. The number of hydrogen-bond acceptors (Lipinski definition) is 6. The van der Waals surface area contributed by atoms with E-state index in [0.29, 0.717) is 11.8 Å². The van der Waals surface area contributed by atoms with Gasteiger partial charge in [-0.2, -0.15) is 13.5 Å². The molecular formula is C23H20F3N3O4S. The number of esters is 1. The summed E-state index contributed by atoms with van der Waals surface area (Å²) in [4.78, 5) is 14.0. The fourth-order valence-electron chi connectivity index (χ4n) is 2.92. The number of sulfonamides is 1. The lowest BCUT2D eigenvalue weighted by Crippen LogP contribution is -2.18. The molecule has 0 aliphatic rings. The Morgan fingerprint density at radius 3 is 2.24 bits per heavy atom. The second-order valence-electron chi connectivity index (χ2n) is 7.28. The van der Waals surface area contributed by atoms with E-state index in [1.807, 2.05) is 4.83 Å². The first kappa shape index (κ1) is 24.8. The molecule has 3 aromatic carbocycles. The zero-order chi connectivity index (χ0) is 25.0. The van der Waals surface area contributed by atoms with E-state index < -0.39 is 50.3 Å². The number of nitrogens with zero attached hydrogens (tertiary/aromatic N) is 1. The molecule has 0 atom stereocenters. The number of benzene rings is 3. The standard InChI is InChI=1S/C23H20F3N3O4S/c1-13-4-7-16(8-5-13)34(31,32)29-27-12-15-11-17(23(30)33-3)22(21(26)20(15)25)28-19-9-6-14(2)10-18(19)24/h4-12,28-29H,1-3H3/b27-12+. The minimum atomic E-state index is -4.07. The first-order valence-electron chi connectivity index (χ1n) is 9.78. The molecule has 2 N–H and O–H groups in total. The molecule has 178 valence electrons. The minimum Gasteiger partial charge on any atom is -0.465 e. The van der Waals surface area contributed by atoms with Gasteiger partial charge < -0.3 is 10.1 Å². The molecule has 0 aromatic heterocycles. The van der Waals surface area contributed by atoms with Crippen molar-refractivity contribution in [2.24, 2.45) is 5.10 Å². The second-order valence-corrected chi connectivity index (χ2v) is 8.94. The van der Waals surface area contributed by atoms with Crippen molar-refractivity contribution >= 4 is 33.6 Å². The third-order valence-electron chi connectivity index (χ3n) is 4.73. The van der Waals surface area contributed by atoms with Gasteiger partial charge in [0, 0.05) is 5.56 Å². The fraction of sp³-hybridized carbons (Fsp3) is 0.130. The average Bonchev–Trinajstić information content (AvgIpc) is 2.79. The van der Waals surface area contributed by atoms with Gasteiger partial charge in [0.05, 0.1) is 35.2 Å². The molecule has 11 heteroatoms. The van der Waals surface area contributed by atoms with Crippen LogP contribution in [0.5, 0.6) is 0 Å². The number of ether oxygens (including phenoxy) is 1. The van der Waals surface area contributed by atoms with Gasteiger partial charge in [-0.05, 0) is 49.7 Å². The van der Waals surface area contributed by atoms with Gasteiger partial charge >= 0.3 is 5.97 Å². The van der Waals surface area contributed by atoms with Crippen LogP contribution < -0.4 is 10.1 Å². The predicted molar refractivity (Wildman–Crippen MR) is 121 cm³/mol. The smallest absolute Gasteiger partial charge is 0.340 e. The van der Waals surface area contributed by atoms with Crippen LogP contribution in [-0.2, 0) is 14.8 Å². The average molecular weight is 491 g/mol. The molecular weight excluding hydrogens is 471 g/mol. The molecule has 0 saturated heterocycles. The van der Waals surface area contributed by atoms with E-state index in [1.54, 1.807) is 32.0 Å². The number of carbonyl (C=O) groups is 1. The van der Waals surface area contributed by atoms with Crippen LogP contribution in [0.4, 0.5) is 24.5 Å². The molecule has 0 saturated carbocycles. The van der Waals surface area contributed by atoms with Crippen LogP contribution in [-0.4, -0.2) is 27.7 Å². The second kappa shape index (κ2) is 9.96. The van der Waals surface area contributed by atoms with Gasteiger partial charge in [-0.25, -0.2) is 22.8 Å². The van der Waals surface area contributed by atoms with Crippen LogP contribution in [0, 0.1) is 31.3 Å². The maximum absolute atomic E-state index is 14.9. The molecule has 0 fully saturated rings. The highest BCUT2D eigenvalue weighted by atomic mass is 32.2. The normalized spacial score (nSPS) is 11.5. The Balaban J connectivity index is 1.96. The van der Waals surface area contributed by atoms with Gasteiger partial charge in [-0.1, -0.05) is 23.8 Å². The molecule has 0 amide bonds. The molecule has 0 aliphatic heterocycles. The number of carbonyl (C=O) groups excluding carboxylic acids is 1. The fourth-order valence-corrected chi connectivity index (χ4v) is 3.72. The molecule has 0 radical (unpaired) electrons. The summed E-state index contributed by atoms with van der Waals surface area (Å²) in [5.74, 6) is -4.73. The van der Waals surface area contributed by atoms with E-state index in [0.717, 1.165) is 18.7 Å². The van der Waals surface area contributed by atoms with Gasteiger partial charge in [0.2, 0.25) is 0 Å². The van der Waals surface area contributed by atoms with E-state index in [1.165, 1.54) is 24.3 Å². The van der Waals surface area contributed by atoms with Crippen molar-refractivity contribution in [1.82, 2.24) is 4.83 Å². The van der Waals surface area contributed by atoms with E-state index in [-0.39, 0.29) is 10.6 Å². The highest BCUT2D eigenvalue weighted by Gasteiger charge is 2.24. The Morgan fingerprint density at radius 2 is 1.62 bits per heavy atom. The van der Waals surface area contributed by atoms with E-state index >= 15 is 0 Å². The van der Waals surface area contributed by atoms with Crippen LogP contribution in [0.3, 0.4) is 0 Å². The lowest BCUT2D eigenvalue weighted by atomic mass is 10.1. The number of halogens is 3. The minimum absolute atomic E-state index is 0.0863. The van der Waals surface area contributed by atoms with Crippen molar-refractivity contribution in [2.45, 2.75) is 18.7 Å². The Kier molecular flexibility index (Phi) is 7.26. The quantitative estimate of drug-likeness (QED) is 0.287. The molecule has 0 unspecified atom stereocenters. The van der Waals surface area contributed by atoms with E-state index in [4.69, 9.17) is 0 Å². The summed E-state index contributed by atoms with van der Waals surface area (Å²) < 4.78 is 73.1. The van der Waals surface area contributed by atoms with Crippen molar-refractivity contribution in [2.75, 3.05) is 12.4 Å². The first-order chi connectivity index (χ1) is 16.0. The summed E-state index contributed by atoms with van der Waals surface area (Å²) in [7, 11) is -3.04. The lowest BCUT2D eigenvalue weighted by molar-refractivity contribution is 0.0601. The Bertz CT molecular complexity index is 1380. The zero-order valence-electron chi connectivity index (χ0n) is 18.3. The predicted octanol–water partition coefficient (Wildman–Crippen LogP) is 4.56. The topological polar surface area (TPSA) is 96.9 Å². The van der Waals surface area contributed by atoms with Crippen molar-refractivity contribution < 1.29 is 31.1 Å². The van der Waals surface area contributed by atoms with Gasteiger partial charge in [-0.15, -0.1) is 0 Å². The number of aryl methyl sites for hydroxylation is 2. The van der Waals surface area contributed by atoms with Gasteiger partial charge in [-0.3, -0.25) is 0 Å². The number of anilines is 2. The van der Waals surface area contributed by atoms with E-state index in [9.17, 15) is 26.4 Å². The van der Waals surface area contributed by atoms with Crippen molar-refractivity contribution in [3.8, 4) is 0 Å². The zero-order valence-corrected chi connectivity index (χ0v) is 19.1. The maximum atomic E-state index is 14.9. The highest BCUT2D eigenvalue weighted by molar-refractivity contribution is 7.89. The molecule has 3 aromatic rings. The van der Waals surface area contributed by atoms with Gasteiger partial charge in [0.1, 0.15) is 5.82 Å². The number of hydrazone groups is 1. The van der Waals surface area contributed by atoms with Crippen LogP contribution in [0.1, 0.15) is 27.0 Å². The third kappa shape index (κ3) is 5.37. The Labute approximate surface area is 194 Å². The summed E-state index contributed by atoms with van der Waals surface area (Å²) in [5, 5.41) is 5.85. The number of methoxy groups -OCH3 is 1. The molecule has 0 aliphatic carbocycles. The summed E-state index contributed by atoms with van der Waals surface area (Å²) in [5.41, 5.74) is -0.397. The molecule has 3 rings (SSSR count). The summed E-state index contributed by atoms with van der Waals surface area (Å²) in [6.45, 7) is 3.43. The Hall–Kier alpha value is -3.86. The molecule has 34 heavy (non-hydrogen) atoms. The van der Waals surface area contributed by atoms with Gasteiger partial charge in [0.25, 0.3) is 10.0 Å². The lowest BCUT2D eigenvalue weighted by Gasteiger charge is -2.15. The summed E-state index contributed by atoms with van der Waals surface area (Å²) in [6, 6.07) is 10.8. The molecule has 0 spiro atoms. The maximum Gasteiger partial charge on any atom is 0.340 e. The van der Waals surface area contributed by atoms with Crippen LogP contribution in [0.2, 0.25) is 0 Å². The highest BCUT2D eigenvalue weighted by Crippen LogP contribution is 2.30. The number of nitrogens with one attached hydrogen (secondary N) is 2. The van der Waals surface area contributed by atoms with E-state index in [2.05, 4.69) is 15.2 Å². The molecule has 7 nitrogen and oxygen atoms in total. The number of rotatable bonds is 7. The first-order valence-corrected chi connectivity index (χ1v) is 11.3. The van der Waals surface area contributed by atoms with Crippen LogP contribution >= 0.6 is 0 Å². The van der Waals surface area contributed by atoms with Crippen molar-refractivity contribution in [1.29, 1.82) is 0 Å².